The number of aryl methyl sites for hydroxylation is 1. The van der Waals surface area contributed by atoms with Crippen LogP contribution in [0.3, 0.4) is 0 Å². The van der Waals surface area contributed by atoms with Crippen LogP contribution in [0.5, 0.6) is 23.0 Å². The van der Waals surface area contributed by atoms with Crippen LogP contribution in [0.2, 0.25) is 0 Å². The lowest BCUT2D eigenvalue weighted by molar-refractivity contribution is 0.0642. The molecule has 5 aromatic rings. The van der Waals surface area contributed by atoms with E-state index in [2.05, 4.69) is 107 Å². The first kappa shape index (κ1) is 31.6. The van der Waals surface area contributed by atoms with E-state index in [-0.39, 0.29) is 16.2 Å². The van der Waals surface area contributed by atoms with Gasteiger partial charge in [0, 0.05) is 27.5 Å². The maximum Gasteiger partial charge on any atom is 0.178 e. The Morgan fingerprint density at radius 3 is 1.82 bits per heavy atom. The van der Waals surface area contributed by atoms with Crippen LogP contribution in [0, 0.1) is 17.8 Å². The number of benzene rings is 5. The smallest absolute Gasteiger partial charge is 0.178 e. The molecule has 0 atom stereocenters. The third kappa shape index (κ3) is 4.70. The predicted molar refractivity (Wildman–Crippen MR) is 199 cm³/mol. The third-order valence-electron chi connectivity index (χ3n) is 11.3. The Kier molecular flexibility index (Phi) is 7.02. The van der Waals surface area contributed by atoms with Gasteiger partial charge in [0.05, 0.1) is 21.3 Å². The van der Waals surface area contributed by atoms with Crippen LogP contribution in [0.25, 0.3) is 28.0 Å². The highest BCUT2D eigenvalue weighted by Gasteiger charge is 2.55. The van der Waals surface area contributed by atoms with Gasteiger partial charge in [-0.1, -0.05) is 82.3 Å². The molecule has 1 saturated carbocycles. The Hall–Kier alpha value is -4.70. The predicted octanol–water partition coefficient (Wildman–Crippen LogP) is 11.0. The molecular formula is C45H46O4. The van der Waals surface area contributed by atoms with E-state index in [1.165, 1.54) is 39.6 Å². The van der Waals surface area contributed by atoms with Crippen molar-refractivity contribution >= 4 is 16.8 Å². The molecule has 0 saturated heterocycles. The molecule has 0 amide bonds. The number of rotatable bonds is 5. The van der Waals surface area contributed by atoms with Crippen molar-refractivity contribution in [2.45, 2.75) is 64.9 Å². The highest BCUT2D eigenvalue weighted by molar-refractivity contribution is 6.09. The van der Waals surface area contributed by atoms with Crippen molar-refractivity contribution in [1.29, 1.82) is 0 Å². The van der Waals surface area contributed by atoms with Gasteiger partial charge >= 0.3 is 0 Å². The summed E-state index contributed by atoms with van der Waals surface area (Å²) in [5.74, 6) is 3.36. The monoisotopic (exact) mass is 650 g/mol. The Bertz CT molecular complexity index is 2070. The summed E-state index contributed by atoms with van der Waals surface area (Å²) in [6, 6.07) is 30.2. The topological polar surface area (TPSA) is 36.9 Å². The van der Waals surface area contributed by atoms with Crippen LogP contribution >= 0.6 is 0 Å². The van der Waals surface area contributed by atoms with E-state index in [4.69, 9.17) is 18.9 Å². The summed E-state index contributed by atoms with van der Waals surface area (Å²) in [6.45, 7) is 12.0. The first-order valence-corrected chi connectivity index (χ1v) is 17.4. The summed E-state index contributed by atoms with van der Waals surface area (Å²) >= 11 is 0. The first-order valence-electron chi connectivity index (χ1n) is 17.4. The standard InChI is InChI=1S/C45H46O4/c1-28-23-35-36(24-38(28)48-8)41-34(40-39(35)33-11-9-10-12-37(33)44(40)26-42(2,3)25-43(4,5)27-44)21-22-45(49-41,29-13-17-31(46-6)18-14-29)30-15-19-32(47-7)20-16-30/h9-24H,25-27H2,1-8H3. The van der Waals surface area contributed by atoms with E-state index in [0.717, 1.165) is 57.9 Å². The van der Waals surface area contributed by atoms with Crippen molar-refractivity contribution in [3.05, 3.63) is 124 Å². The molecule has 2 aliphatic carbocycles. The van der Waals surface area contributed by atoms with E-state index >= 15 is 0 Å². The van der Waals surface area contributed by atoms with Crippen LogP contribution in [0.15, 0.2) is 91.0 Å². The first-order chi connectivity index (χ1) is 23.4. The van der Waals surface area contributed by atoms with Crippen LogP contribution in [0.4, 0.5) is 0 Å². The van der Waals surface area contributed by atoms with Gasteiger partial charge in [0.1, 0.15) is 23.0 Å². The summed E-state index contributed by atoms with van der Waals surface area (Å²) < 4.78 is 24.7. The van der Waals surface area contributed by atoms with Gasteiger partial charge in [-0.2, -0.15) is 0 Å². The molecule has 5 aromatic carbocycles. The van der Waals surface area contributed by atoms with Crippen LogP contribution in [-0.4, -0.2) is 21.3 Å². The minimum atomic E-state index is -0.894. The number of fused-ring (bicyclic) bond motifs is 10. The second kappa shape index (κ2) is 10.9. The maximum absolute atomic E-state index is 7.63. The van der Waals surface area contributed by atoms with Gasteiger partial charge in [0.25, 0.3) is 0 Å². The Labute approximate surface area is 290 Å². The zero-order valence-corrected chi connectivity index (χ0v) is 30.0. The zero-order chi connectivity index (χ0) is 34.3. The number of methoxy groups -OCH3 is 3. The van der Waals surface area contributed by atoms with E-state index in [1.807, 2.05) is 24.3 Å². The number of ether oxygens (including phenoxy) is 4. The molecule has 0 bridgehead atoms. The van der Waals surface area contributed by atoms with Crippen LogP contribution in [0.1, 0.15) is 80.3 Å². The number of hydrogen-bond acceptors (Lipinski definition) is 4. The molecule has 4 nitrogen and oxygen atoms in total. The molecule has 3 aliphatic rings. The summed E-state index contributed by atoms with van der Waals surface area (Å²) in [5.41, 5.74) is 9.14. The van der Waals surface area contributed by atoms with Crippen molar-refractivity contribution < 1.29 is 18.9 Å². The SMILES string of the molecule is COc1ccc(C2(c3ccc(OC)cc3)C=Cc3c4c(c5cc(C)c(OC)cc5c3O2)-c2ccccc2C42CC(C)(C)CC(C)(C)C2)cc1. The lowest BCUT2D eigenvalue weighted by Gasteiger charge is -2.52. The second-order valence-electron chi connectivity index (χ2n) is 16.0. The largest absolute Gasteiger partial charge is 0.497 e. The van der Waals surface area contributed by atoms with Gasteiger partial charge < -0.3 is 18.9 Å². The van der Waals surface area contributed by atoms with E-state index in [9.17, 15) is 0 Å². The van der Waals surface area contributed by atoms with Crippen molar-refractivity contribution in [3.63, 3.8) is 0 Å². The lowest BCUT2D eigenvalue weighted by atomic mass is 9.52. The van der Waals surface area contributed by atoms with Crippen LogP contribution < -0.4 is 18.9 Å². The molecule has 0 N–H and O–H groups in total. The van der Waals surface area contributed by atoms with Gasteiger partial charge in [-0.05, 0) is 113 Å². The third-order valence-corrected chi connectivity index (χ3v) is 11.3. The lowest BCUT2D eigenvalue weighted by Crippen LogP contribution is -2.44. The van der Waals surface area contributed by atoms with Crippen molar-refractivity contribution in [2.24, 2.45) is 10.8 Å². The fraction of sp³-hybridized carbons (Fsp3) is 0.333. The average Bonchev–Trinajstić information content (AvgIpc) is 3.35. The second-order valence-corrected chi connectivity index (χ2v) is 16.0. The molecule has 4 heteroatoms. The highest BCUT2D eigenvalue weighted by Crippen LogP contribution is 2.67. The quantitative estimate of drug-likeness (QED) is 0.190. The fourth-order valence-electron chi connectivity index (χ4n) is 10.2. The highest BCUT2D eigenvalue weighted by atomic mass is 16.5. The molecule has 1 fully saturated rings. The van der Waals surface area contributed by atoms with Gasteiger partial charge in [-0.15, -0.1) is 0 Å². The molecular weight excluding hydrogens is 604 g/mol. The molecule has 1 spiro atoms. The Balaban J connectivity index is 1.48. The normalized spacial score (nSPS) is 18.7. The summed E-state index contributed by atoms with van der Waals surface area (Å²) in [4.78, 5) is 0. The molecule has 250 valence electrons. The summed E-state index contributed by atoms with van der Waals surface area (Å²) in [7, 11) is 5.15. The van der Waals surface area contributed by atoms with Crippen LogP contribution in [-0.2, 0) is 11.0 Å². The van der Waals surface area contributed by atoms with Crippen molar-refractivity contribution in [2.75, 3.05) is 21.3 Å². The van der Waals surface area contributed by atoms with Gasteiger partial charge in [0.2, 0.25) is 0 Å². The van der Waals surface area contributed by atoms with Crippen molar-refractivity contribution in [1.82, 2.24) is 0 Å². The molecule has 8 rings (SSSR count). The molecule has 0 radical (unpaired) electrons. The van der Waals surface area contributed by atoms with E-state index in [0.29, 0.717) is 0 Å². The molecule has 1 aliphatic heterocycles. The minimum absolute atomic E-state index is 0.156. The summed E-state index contributed by atoms with van der Waals surface area (Å²) in [6.07, 6.45) is 7.98. The molecule has 0 unspecified atom stereocenters. The molecule has 0 aromatic heterocycles. The van der Waals surface area contributed by atoms with Gasteiger partial charge in [-0.25, -0.2) is 0 Å². The number of hydrogen-bond donors (Lipinski definition) is 0. The van der Waals surface area contributed by atoms with Crippen molar-refractivity contribution in [3.8, 4) is 34.1 Å². The fourth-order valence-corrected chi connectivity index (χ4v) is 10.2. The molecule has 1 heterocycles. The zero-order valence-electron chi connectivity index (χ0n) is 30.0. The summed E-state index contributed by atoms with van der Waals surface area (Å²) in [5, 5.41) is 2.28. The maximum atomic E-state index is 7.63. The van der Waals surface area contributed by atoms with Gasteiger partial charge in [-0.3, -0.25) is 0 Å². The van der Waals surface area contributed by atoms with E-state index < -0.39 is 5.60 Å². The Morgan fingerprint density at radius 1 is 0.653 bits per heavy atom. The minimum Gasteiger partial charge on any atom is -0.497 e. The molecule has 49 heavy (non-hydrogen) atoms. The average molecular weight is 651 g/mol. The van der Waals surface area contributed by atoms with E-state index in [1.54, 1.807) is 21.3 Å². The Morgan fingerprint density at radius 2 is 1.24 bits per heavy atom. The van der Waals surface area contributed by atoms with Gasteiger partial charge in [0.15, 0.2) is 5.60 Å².